The van der Waals surface area contributed by atoms with E-state index in [4.69, 9.17) is 14.2 Å². The minimum atomic E-state index is -0.178. The predicted molar refractivity (Wildman–Crippen MR) is 71.2 cm³/mol. The molecule has 0 bridgehead atoms. The van der Waals surface area contributed by atoms with Gasteiger partial charge < -0.3 is 19.5 Å². The van der Waals surface area contributed by atoms with Crippen LogP contribution in [0.2, 0.25) is 0 Å². The standard InChI is InChI=1S/C14H19NO4/c1-9(2)15-14(16)10-7-12-13(8-11(10)17-3)19-6-4-5-18-12/h7-9H,4-6H2,1-3H3,(H,15,16). The summed E-state index contributed by atoms with van der Waals surface area (Å²) in [5.74, 6) is 1.52. The first-order valence-corrected chi connectivity index (χ1v) is 6.40. The van der Waals surface area contributed by atoms with E-state index in [1.807, 2.05) is 13.8 Å². The third-order valence-corrected chi connectivity index (χ3v) is 2.73. The molecule has 1 amide bonds. The van der Waals surface area contributed by atoms with Gasteiger partial charge in [0.1, 0.15) is 5.75 Å². The largest absolute Gasteiger partial charge is 0.496 e. The molecule has 5 heteroatoms. The molecule has 1 N–H and O–H groups in total. The van der Waals surface area contributed by atoms with Crippen molar-refractivity contribution in [3.63, 3.8) is 0 Å². The smallest absolute Gasteiger partial charge is 0.255 e. The van der Waals surface area contributed by atoms with Crippen molar-refractivity contribution < 1.29 is 19.0 Å². The Kier molecular flexibility index (Phi) is 4.14. The molecule has 0 saturated carbocycles. The van der Waals surface area contributed by atoms with E-state index in [9.17, 15) is 4.79 Å². The Bertz CT molecular complexity index is 471. The molecule has 0 aromatic heterocycles. The molecule has 0 saturated heterocycles. The van der Waals surface area contributed by atoms with Crippen LogP contribution >= 0.6 is 0 Å². The molecule has 0 fully saturated rings. The maximum absolute atomic E-state index is 12.1. The number of nitrogens with one attached hydrogen (secondary N) is 1. The van der Waals surface area contributed by atoms with Crippen molar-refractivity contribution in [1.29, 1.82) is 0 Å². The summed E-state index contributed by atoms with van der Waals surface area (Å²) >= 11 is 0. The fraction of sp³-hybridized carbons (Fsp3) is 0.500. The zero-order chi connectivity index (χ0) is 13.8. The lowest BCUT2D eigenvalue weighted by Crippen LogP contribution is -2.30. The molecule has 1 aliphatic heterocycles. The van der Waals surface area contributed by atoms with Crippen molar-refractivity contribution in [2.45, 2.75) is 26.3 Å². The highest BCUT2D eigenvalue weighted by molar-refractivity contribution is 5.98. The van der Waals surface area contributed by atoms with Gasteiger partial charge >= 0.3 is 0 Å². The van der Waals surface area contributed by atoms with Gasteiger partial charge in [-0.1, -0.05) is 0 Å². The summed E-state index contributed by atoms with van der Waals surface area (Å²) in [6, 6.07) is 3.45. The van der Waals surface area contributed by atoms with Gasteiger partial charge in [-0.05, 0) is 13.8 Å². The van der Waals surface area contributed by atoms with E-state index in [1.54, 1.807) is 12.1 Å². The van der Waals surface area contributed by atoms with Crippen LogP contribution in [0.5, 0.6) is 17.2 Å². The van der Waals surface area contributed by atoms with E-state index in [-0.39, 0.29) is 11.9 Å². The molecule has 104 valence electrons. The highest BCUT2D eigenvalue weighted by Crippen LogP contribution is 2.36. The highest BCUT2D eigenvalue weighted by atomic mass is 16.5. The number of hydrogen-bond donors (Lipinski definition) is 1. The zero-order valence-corrected chi connectivity index (χ0v) is 11.5. The summed E-state index contributed by atoms with van der Waals surface area (Å²) in [6.45, 7) is 5.01. The third-order valence-electron chi connectivity index (χ3n) is 2.73. The van der Waals surface area contributed by atoms with Crippen molar-refractivity contribution in [2.24, 2.45) is 0 Å². The molecule has 1 aromatic carbocycles. The maximum Gasteiger partial charge on any atom is 0.255 e. The van der Waals surface area contributed by atoms with Gasteiger partial charge in [-0.3, -0.25) is 4.79 Å². The van der Waals surface area contributed by atoms with Crippen LogP contribution in [0.3, 0.4) is 0 Å². The Morgan fingerprint density at radius 3 is 2.47 bits per heavy atom. The van der Waals surface area contributed by atoms with Gasteiger partial charge in [0.25, 0.3) is 5.91 Å². The van der Waals surface area contributed by atoms with Gasteiger partial charge in [0.15, 0.2) is 11.5 Å². The molecule has 1 heterocycles. The SMILES string of the molecule is COc1cc2c(cc1C(=O)NC(C)C)OCCCO2. The monoisotopic (exact) mass is 265 g/mol. The third kappa shape index (κ3) is 3.10. The number of methoxy groups -OCH3 is 1. The van der Waals surface area contributed by atoms with E-state index < -0.39 is 0 Å². The number of fused-ring (bicyclic) bond motifs is 1. The summed E-state index contributed by atoms with van der Waals surface area (Å²) in [4.78, 5) is 12.1. The topological polar surface area (TPSA) is 56.8 Å². The number of rotatable bonds is 3. The lowest BCUT2D eigenvalue weighted by atomic mass is 10.1. The first-order valence-electron chi connectivity index (χ1n) is 6.40. The lowest BCUT2D eigenvalue weighted by Gasteiger charge is -2.15. The molecule has 0 spiro atoms. The lowest BCUT2D eigenvalue weighted by molar-refractivity contribution is 0.0939. The van der Waals surface area contributed by atoms with Crippen LogP contribution in [0, 0.1) is 0 Å². The minimum absolute atomic E-state index is 0.0631. The number of carbonyl (C=O) groups excluding carboxylic acids is 1. The van der Waals surface area contributed by atoms with Crippen molar-refractivity contribution in [3.05, 3.63) is 17.7 Å². The second-order valence-electron chi connectivity index (χ2n) is 4.68. The molecule has 2 rings (SSSR count). The molecule has 0 unspecified atom stereocenters. The van der Waals surface area contributed by atoms with Crippen LogP contribution in [-0.2, 0) is 0 Å². The van der Waals surface area contributed by atoms with Gasteiger partial charge in [0.2, 0.25) is 0 Å². The van der Waals surface area contributed by atoms with E-state index in [0.717, 1.165) is 6.42 Å². The van der Waals surface area contributed by atoms with Gasteiger partial charge in [-0.2, -0.15) is 0 Å². The number of hydrogen-bond acceptors (Lipinski definition) is 4. The summed E-state index contributed by atoms with van der Waals surface area (Å²) in [7, 11) is 1.53. The first-order chi connectivity index (χ1) is 9.11. The average Bonchev–Trinajstić information content (AvgIpc) is 2.60. The van der Waals surface area contributed by atoms with Crippen LogP contribution in [0.1, 0.15) is 30.6 Å². The molecule has 0 atom stereocenters. The average molecular weight is 265 g/mol. The highest BCUT2D eigenvalue weighted by Gasteiger charge is 2.20. The van der Waals surface area contributed by atoms with E-state index in [2.05, 4.69) is 5.32 Å². The van der Waals surface area contributed by atoms with E-state index in [0.29, 0.717) is 36.0 Å². The Hall–Kier alpha value is -1.91. The summed E-state index contributed by atoms with van der Waals surface area (Å²) in [5, 5.41) is 2.84. The quantitative estimate of drug-likeness (QED) is 0.908. The van der Waals surface area contributed by atoms with Gasteiger partial charge in [0, 0.05) is 24.6 Å². The predicted octanol–water partition coefficient (Wildman–Crippen LogP) is 1.99. The van der Waals surface area contributed by atoms with Crippen molar-refractivity contribution in [3.8, 4) is 17.2 Å². The van der Waals surface area contributed by atoms with Crippen LogP contribution in [0.4, 0.5) is 0 Å². The second-order valence-corrected chi connectivity index (χ2v) is 4.68. The van der Waals surface area contributed by atoms with Crippen molar-refractivity contribution in [2.75, 3.05) is 20.3 Å². The molecule has 5 nitrogen and oxygen atoms in total. The van der Waals surface area contributed by atoms with E-state index >= 15 is 0 Å². The van der Waals surface area contributed by atoms with Gasteiger partial charge in [-0.15, -0.1) is 0 Å². The molecular formula is C14H19NO4. The van der Waals surface area contributed by atoms with Crippen molar-refractivity contribution >= 4 is 5.91 Å². The molecule has 0 aliphatic carbocycles. The Balaban J connectivity index is 2.37. The number of ether oxygens (including phenoxy) is 3. The fourth-order valence-corrected chi connectivity index (χ4v) is 1.88. The molecule has 1 aliphatic rings. The number of benzene rings is 1. The molecule has 19 heavy (non-hydrogen) atoms. The summed E-state index contributed by atoms with van der Waals surface area (Å²) in [5.41, 5.74) is 0.459. The van der Waals surface area contributed by atoms with Crippen LogP contribution in [-0.4, -0.2) is 32.3 Å². The number of amides is 1. The second kappa shape index (κ2) is 5.82. The van der Waals surface area contributed by atoms with Crippen LogP contribution in [0.15, 0.2) is 12.1 Å². The zero-order valence-electron chi connectivity index (χ0n) is 11.5. The Morgan fingerprint density at radius 1 is 1.26 bits per heavy atom. The minimum Gasteiger partial charge on any atom is -0.496 e. The molecule has 0 radical (unpaired) electrons. The van der Waals surface area contributed by atoms with Crippen LogP contribution in [0.25, 0.3) is 0 Å². The summed E-state index contributed by atoms with van der Waals surface area (Å²) in [6.07, 6.45) is 0.824. The van der Waals surface area contributed by atoms with Gasteiger partial charge in [-0.25, -0.2) is 0 Å². The molecule has 1 aromatic rings. The summed E-state index contributed by atoms with van der Waals surface area (Å²) < 4.78 is 16.4. The van der Waals surface area contributed by atoms with Crippen LogP contribution < -0.4 is 19.5 Å². The maximum atomic E-state index is 12.1. The normalized spacial score (nSPS) is 13.9. The Morgan fingerprint density at radius 2 is 1.89 bits per heavy atom. The fourth-order valence-electron chi connectivity index (χ4n) is 1.88. The van der Waals surface area contributed by atoms with Crippen molar-refractivity contribution in [1.82, 2.24) is 5.32 Å². The molecular weight excluding hydrogens is 246 g/mol. The number of carbonyl (C=O) groups is 1. The van der Waals surface area contributed by atoms with Gasteiger partial charge in [0.05, 0.1) is 25.9 Å². The Labute approximate surface area is 112 Å². The van der Waals surface area contributed by atoms with E-state index in [1.165, 1.54) is 7.11 Å². The first kappa shape index (κ1) is 13.5.